The summed E-state index contributed by atoms with van der Waals surface area (Å²) in [7, 11) is 0. The lowest BCUT2D eigenvalue weighted by Gasteiger charge is -2.03. The van der Waals surface area contributed by atoms with E-state index < -0.39 is 0 Å². The highest BCUT2D eigenvalue weighted by molar-refractivity contribution is 5.52. The van der Waals surface area contributed by atoms with E-state index in [1.54, 1.807) is 6.26 Å². The van der Waals surface area contributed by atoms with Crippen LogP contribution < -0.4 is 10.5 Å². The van der Waals surface area contributed by atoms with E-state index in [0.717, 1.165) is 0 Å². The summed E-state index contributed by atoms with van der Waals surface area (Å²) in [6, 6.07) is 7.45. The molecule has 0 heterocycles. The molecule has 0 aliphatic rings. The Morgan fingerprint density at radius 1 is 1.31 bits per heavy atom. The first kappa shape index (κ1) is 9.65. The van der Waals surface area contributed by atoms with E-state index in [2.05, 4.69) is 13.8 Å². The molecule has 0 saturated carbocycles. The Bertz CT molecular complexity index is 292. The molecule has 0 fully saturated rings. The molecule has 0 unspecified atom stereocenters. The average molecular weight is 177 g/mol. The van der Waals surface area contributed by atoms with Crippen molar-refractivity contribution in [3.8, 4) is 5.75 Å². The molecule has 1 rings (SSSR count). The van der Waals surface area contributed by atoms with Gasteiger partial charge in [-0.1, -0.05) is 26.0 Å². The fraction of sp³-hybridized carbons (Fsp3) is 0.273. The van der Waals surface area contributed by atoms with E-state index in [9.17, 15) is 0 Å². The van der Waals surface area contributed by atoms with Crippen molar-refractivity contribution >= 4 is 5.69 Å². The van der Waals surface area contributed by atoms with E-state index in [1.165, 1.54) is 0 Å². The molecule has 2 N–H and O–H groups in total. The Morgan fingerprint density at radius 2 is 2.00 bits per heavy atom. The lowest BCUT2D eigenvalue weighted by atomic mass is 10.2. The van der Waals surface area contributed by atoms with Gasteiger partial charge in [-0.3, -0.25) is 0 Å². The maximum Gasteiger partial charge on any atom is 0.149 e. The Kier molecular flexibility index (Phi) is 3.38. The van der Waals surface area contributed by atoms with Crippen LogP contribution in [0.1, 0.15) is 13.8 Å². The number of hydrogen-bond acceptors (Lipinski definition) is 2. The molecule has 1 aromatic rings. The number of hydrogen-bond donors (Lipinski definition) is 1. The highest BCUT2D eigenvalue weighted by Crippen LogP contribution is 2.19. The summed E-state index contributed by atoms with van der Waals surface area (Å²) in [5, 5.41) is 0. The summed E-state index contributed by atoms with van der Waals surface area (Å²) >= 11 is 0. The van der Waals surface area contributed by atoms with Crippen molar-refractivity contribution in [2.75, 3.05) is 5.73 Å². The zero-order valence-corrected chi connectivity index (χ0v) is 8.03. The van der Waals surface area contributed by atoms with Crippen LogP contribution in [-0.4, -0.2) is 0 Å². The molecule has 0 spiro atoms. The third-order valence-electron chi connectivity index (χ3n) is 1.58. The molecule has 0 aromatic heterocycles. The number of para-hydroxylation sites is 2. The number of allylic oxidation sites excluding steroid dienone is 1. The van der Waals surface area contributed by atoms with Crippen molar-refractivity contribution in [1.29, 1.82) is 0 Å². The van der Waals surface area contributed by atoms with Gasteiger partial charge in [0.15, 0.2) is 0 Å². The fourth-order valence-corrected chi connectivity index (χ4v) is 0.858. The largest absolute Gasteiger partial charge is 0.463 e. The zero-order chi connectivity index (χ0) is 9.68. The van der Waals surface area contributed by atoms with Gasteiger partial charge >= 0.3 is 0 Å². The fourth-order valence-electron chi connectivity index (χ4n) is 0.858. The van der Waals surface area contributed by atoms with Gasteiger partial charge in [-0.25, -0.2) is 0 Å². The van der Waals surface area contributed by atoms with Gasteiger partial charge in [0.1, 0.15) is 5.75 Å². The van der Waals surface area contributed by atoms with Crippen LogP contribution in [0.3, 0.4) is 0 Å². The second kappa shape index (κ2) is 4.55. The minimum atomic E-state index is 0.491. The zero-order valence-electron chi connectivity index (χ0n) is 8.03. The maximum absolute atomic E-state index is 5.68. The third-order valence-corrected chi connectivity index (χ3v) is 1.58. The first-order valence-electron chi connectivity index (χ1n) is 4.38. The van der Waals surface area contributed by atoms with Crippen LogP contribution in [-0.2, 0) is 0 Å². The van der Waals surface area contributed by atoms with Crippen molar-refractivity contribution in [3.63, 3.8) is 0 Å². The molecule has 13 heavy (non-hydrogen) atoms. The summed E-state index contributed by atoms with van der Waals surface area (Å²) in [6.45, 7) is 4.18. The van der Waals surface area contributed by atoms with Crippen LogP contribution in [0.25, 0.3) is 0 Å². The van der Waals surface area contributed by atoms with Gasteiger partial charge in [0.2, 0.25) is 0 Å². The maximum atomic E-state index is 5.68. The van der Waals surface area contributed by atoms with Gasteiger partial charge in [0.25, 0.3) is 0 Å². The van der Waals surface area contributed by atoms with Crippen molar-refractivity contribution in [2.24, 2.45) is 5.92 Å². The van der Waals surface area contributed by atoms with Crippen molar-refractivity contribution in [1.82, 2.24) is 0 Å². The van der Waals surface area contributed by atoms with E-state index in [0.29, 0.717) is 17.4 Å². The Hall–Kier alpha value is -1.44. The quantitative estimate of drug-likeness (QED) is 0.569. The lowest BCUT2D eigenvalue weighted by molar-refractivity contribution is 0.477. The number of rotatable bonds is 3. The van der Waals surface area contributed by atoms with Crippen molar-refractivity contribution < 1.29 is 4.74 Å². The van der Waals surface area contributed by atoms with Gasteiger partial charge in [0.05, 0.1) is 11.9 Å². The molecule has 0 radical (unpaired) electrons. The number of anilines is 1. The van der Waals surface area contributed by atoms with E-state index in [4.69, 9.17) is 10.5 Å². The van der Waals surface area contributed by atoms with Gasteiger partial charge in [-0.2, -0.15) is 0 Å². The summed E-state index contributed by atoms with van der Waals surface area (Å²) in [5.74, 6) is 1.20. The topological polar surface area (TPSA) is 35.2 Å². The molecular weight excluding hydrogens is 162 g/mol. The normalized spacial score (nSPS) is 11.0. The monoisotopic (exact) mass is 177 g/mol. The summed E-state index contributed by atoms with van der Waals surface area (Å²) < 4.78 is 5.34. The molecule has 2 heteroatoms. The lowest BCUT2D eigenvalue weighted by Crippen LogP contribution is -1.91. The first-order chi connectivity index (χ1) is 6.20. The minimum absolute atomic E-state index is 0.491. The molecule has 70 valence electrons. The van der Waals surface area contributed by atoms with Gasteiger partial charge in [0, 0.05) is 0 Å². The van der Waals surface area contributed by atoms with Crippen molar-refractivity contribution in [3.05, 3.63) is 36.6 Å². The molecular formula is C11H15NO. The highest BCUT2D eigenvalue weighted by atomic mass is 16.5. The van der Waals surface area contributed by atoms with Gasteiger partial charge < -0.3 is 10.5 Å². The number of benzene rings is 1. The van der Waals surface area contributed by atoms with Crippen LogP contribution in [0.2, 0.25) is 0 Å². The number of nitrogens with two attached hydrogens (primary N) is 1. The van der Waals surface area contributed by atoms with E-state index in [1.807, 2.05) is 30.3 Å². The van der Waals surface area contributed by atoms with E-state index >= 15 is 0 Å². The molecule has 2 nitrogen and oxygen atoms in total. The van der Waals surface area contributed by atoms with Crippen LogP contribution in [0.15, 0.2) is 36.6 Å². The van der Waals surface area contributed by atoms with E-state index in [-0.39, 0.29) is 0 Å². The van der Waals surface area contributed by atoms with Crippen molar-refractivity contribution in [2.45, 2.75) is 13.8 Å². The van der Waals surface area contributed by atoms with Crippen LogP contribution in [0, 0.1) is 5.92 Å². The molecule has 0 saturated heterocycles. The third kappa shape index (κ3) is 3.20. The van der Waals surface area contributed by atoms with Crippen LogP contribution in [0.5, 0.6) is 5.75 Å². The summed E-state index contributed by atoms with van der Waals surface area (Å²) in [4.78, 5) is 0. The minimum Gasteiger partial charge on any atom is -0.463 e. The molecule has 0 bridgehead atoms. The summed E-state index contributed by atoms with van der Waals surface area (Å²) in [6.07, 6.45) is 3.66. The van der Waals surface area contributed by atoms with Gasteiger partial charge in [-0.15, -0.1) is 0 Å². The Balaban J connectivity index is 2.59. The molecule has 1 aromatic carbocycles. The molecule has 0 atom stereocenters. The standard InChI is InChI=1S/C11H15NO/c1-9(2)7-8-13-11-6-4-3-5-10(11)12/h3-9H,12H2,1-2H3/b8-7+. The predicted octanol–water partition coefficient (Wildman–Crippen LogP) is 2.82. The average Bonchev–Trinajstić information content (AvgIpc) is 2.08. The number of nitrogen functional groups attached to an aromatic ring is 1. The van der Waals surface area contributed by atoms with Crippen LogP contribution >= 0.6 is 0 Å². The summed E-state index contributed by atoms with van der Waals surface area (Å²) in [5.41, 5.74) is 6.34. The van der Waals surface area contributed by atoms with Gasteiger partial charge in [-0.05, 0) is 24.1 Å². The smallest absolute Gasteiger partial charge is 0.149 e. The van der Waals surface area contributed by atoms with Crippen LogP contribution in [0.4, 0.5) is 5.69 Å². The Labute approximate surface area is 79.0 Å². The first-order valence-corrected chi connectivity index (χ1v) is 4.38. The highest BCUT2D eigenvalue weighted by Gasteiger charge is 1.94. The molecule has 0 aliphatic carbocycles. The SMILES string of the molecule is CC(C)/C=C/Oc1ccccc1N. The molecule has 0 amide bonds. The predicted molar refractivity (Wildman–Crippen MR) is 55.5 cm³/mol. The molecule has 0 aliphatic heterocycles. The second-order valence-electron chi connectivity index (χ2n) is 3.23. The number of ether oxygens (including phenoxy) is 1. The Morgan fingerprint density at radius 3 is 2.62 bits per heavy atom. The second-order valence-corrected chi connectivity index (χ2v) is 3.23.